The Morgan fingerprint density at radius 2 is 2.17 bits per heavy atom. The highest BCUT2D eigenvalue weighted by Gasteiger charge is 2.23. The number of hydrogen-bond acceptors (Lipinski definition) is 3. The predicted molar refractivity (Wildman–Crippen MR) is 70.6 cm³/mol. The van der Waals surface area contributed by atoms with Crippen molar-refractivity contribution in [3.05, 3.63) is 17.2 Å². The van der Waals surface area contributed by atoms with E-state index in [1.165, 1.54) is 0 Å². The molecule has 5 nitrogen and oxygen atoms in total. The van der Waals surface area contributed by atoms with Crippen LogP contribution in [0.5, 0.6) is 0 Å². The number of rotatable bonds is 5. The molecule has 0 fully saturated rings. The first kappa shape index (κ1) is 15.0. The van der Waals surface area contributed by atoms with Crippen LogP contribution in [0.4, 0.5) is 0 Å². The highest BCUT2D eigenvalue weighted by atomic mass is 35.5. The molecule has 0 aliphatic carbocycles. The Balaban J connectivity index is 2.79. The van der Waals surface area contributed by atoms with Crippen LogP contribution in [0.25, 0.3) is 0 Å². The Kier molecular flexibility index (Phi) is 4.76. The molecule has 0 amide bonds. The first-order chi connectivity index (χ1) is 8.21. The third-order valence-corrected chi connectivity index (χ3v) is 3.26. The first-order valence-electron chi connectivity index (χ1n) is 5.84. The van der Waals surface area contributed by atoms with Gasteiger partial charge in [0.15, 0.2) is 0 Å². The molecule has 1 aromatic heterocycles. The molecule has 1 heterocycles. The summed E-state index contributed by atoms with van der Waals surface area (Å²) < 4.78 is 1.81. The Labute approximate surface area is 112 Å². The van der Waals surface area contributed by atoms with Gasteiger partial charge in [0.25, 0.3) is 0 Å². The minimum atomic E-state index is -0.790. The van der Waals surface area contributed by atoms with Gasteiger partial charge in [0.05, 0.1) is 19.2 Å². The van der Waals surface area contributed by atoms with Crippen LogP contribution in [0.1, 0.15) is 33.0 Å². The van der Waals surface area contributed by atoms with E-state index in [9.17, 15) is 4.79 Å². The molecule has 1 aromatic rings. The lowest BCUT2D eigenvalue weighted by Crippen LogP contribution is -2.42. The number of carboxylic acid groups (broad SMARTS) is 1. The normalized spacial score (nSPS) is 12.1. The summed E-state index contributed by atoms with van der Waals surface area (Å²) in [5.74, 6) is 0.0439. The standard InChI is InChI=1S/C12H20ClN3O2/c1-12(2,3)16(6-5-11(17)18)8-10-14-7-9(13)15(10)4/h7H,5-6,8H2,1-4H3,(H,17,18). The summed E-state index contributed by atoms with van der Waals surface area (Å²) in [6.45, 7) is 7.24. The van der Waals surface area contributed by atoms with Gasteiger partial charge in [-0.2, -0.15) is 0 Å². The molecule has 0 radical (unpaired) electrons. The van der Waals surface area contributed by atoms with Crippen molar-refractivity contribution in [3.8, 4) is 0 Å². The van der Waals surface area contributed by atoms with E-state index in [0.717, 1.165) is 5.82 Å². The molecule has 6 heteroatoms. The molecule has 0 atom stereocenters. The van der Waals surface area contributed by atoms with Gasteiger partial charge in [0.1, 0.15) is 11.0 Å². The maximum absolute atomic E-state index is 10.7. The van der Waals surface area contributed by atoms with Crippen LogP contribution >= 0.6 is 11.6 Å². The molecular weight excluding hydrogens is 254 g/mol. The number of hydrogen-bond donors (Lipinski definition) is 1. The summed E-state index contributed by atoms with van der Waals surface area (Å²) in [6.07, 6.45) is 1.73. The average Bonchev–Trinajstić information content (AvgIpc) is 2.53. The van der Waals surface area contributed by atoms with Gasteiger partial charge in [-0.15, -0.1) is 0 Å². The quantitative estimate of drug-likeness (QED) is 0.893. The average molecular weight is 274 g/mol. The van der Waals surface area contributed by atoms with E-state index in [2.05, 4.69) is 30.7 Å². The Morgan fingerprint density at radius 1 is 1.56 bits per heavy atom. The molecule has 0 aliphatic rings. The highest BCUT2D eigenvalue weighted by molar-refractivity contribution is 6.29. The van der Waals surface area contributed by atoms with Crippen LogP contribution in [0.3, 0.4) is 0 Å². The summed E-state index contributed by atoms with van der Waals surface area (Å²) in [7, 11) is 1.85. The molecule has 0 spiro atoms. The minimum Gasteiger partial charge on any atom is -0.481 e. The van der Waals surface area contributed by atoms with Crippen LogP contribution in [0, 0.1) is 0 Å². The molecule has 0 aliphatic heterocycles. The van der Waals surface area contributed by atoms with Gasteiger partial charge in [-0.25, -0.2) is 4.98 Å². The molecule has 0 saturated heterocycles. The lowest BCUT2D eigenvalue weighted by molar-refractivity contribution is -0.137. The molecule has 0 unspecified atom stereocenters. The molecule has 0 saturated carbocycles. The third-order valence-electron chi connectivity index (χ3n) is 2.90. The van der Waals surface area contributed by atoms with Gasteiger partial charge in [-0.3, -0.25) is 9.69 Å². The zero-order chi connectivity index (χ0) is 13.9. The summed E-state index contributed by atoms with van der Waals surface area (Å²) in [4.78, 5) is 17.0. The second kappa shape index (κ2) is 5.71. The van der Waals surface area contributed by atoms with Crippen molar-refractivity contribution in [1.82, 2.24) is 14.5 Å². The van der Waals surface area contributed by atoms with Crippen molar-refractivity contribution in [2.75, 3.05) is 6.54 Å². The van der Waals surface area contributed by atoms with E-state index in [1.807, 2.05) is 7.05 Å². The van der Waals surface area contributed by atoms with Crippen LogP contribution in [0.15, 0.2) is 6.20 Å². The van der Waals surface area contributed by atoms with E-state index in [-0.39, 0.29) is 12.0 Å². The molecule has 102 valence electrons. The summed E-state index contributed by atoms with van der Waals surface area (Å²) in [6, 6.07) is 0. The molecule has 0 aromatic carbocycles. The number of halogens is 1. The summed E-state index contributed by atoms with van der Waals surface area (Å²) >= 11 is 5.94. The number of aliphatic carboxylic acids is 1. The zero-order valence-electron chi connectivity index (χ0n) is 11.3. The van der Waals surface area contributed by atoms with Gasteiger partial charge in [-0.1, -0.05) is 11.6 Å². The lowest BCUT2D eigenvalue weighted by atomic mass is 10.1. The fourth-order valence-corrected chi connectivity index (χ4v) is 1.77. The van der Waals surface area contributed by atoms with Gasteiger partial charge in [0, 0.05) is 19.1 Å². The maximum atomic E-state index is 10.7. The largest absolute Gasteiger partial charge is 0.481 e. The van der Waals surface area contributed by atoms with Crippen molar-refractivity contribution in [2.45, 2.75) is 39.3 Å². The van der Waals surface area contributed by atoms with E-state index in [4.69, 9.17) is 16.7 Å². The number of imidazole rings is 1. The van der Waals surface area contributed by atoms with Crippen molar-refractivity contribution in [1.29, 1.82) is 0 Å². The zero-order valence-corrected chi connectivity index (χ0v) is 12.0. The minimum absolute atomic E-state index is 0.117. The van der Waals surface area contributed by atoms with Crippen molar-refractivity contribution < 1.29 is 9.90 Å². The smallest absolute Gasteiger partial charge is 0.304 e. The fraction of sp³-hybridized carbons (Fsp3) is 0.667. The highest BCUT2D eigenvalue weighted by Crippen LogP contribution is 2.18. The topological polar surface area (TPSA) is 58.4 Å². The predicted octanol–water partition coefficient (Wildman–Crippen LogP) is 2.15. The number of carboxylic acids is 1. The first-order valence-corrected chi connectivity index (χ1v) is 6.22. The number of carbonyl (C=O) groups is 1. The Morgan fingerprint density at radius 3 is 2.56 bits per heavy atom. The van der Waals surface area contributed by atoms with Crippen LogP contribution in [-0.4, -0.2) is 37.6 Å². The van der Waals surface area contributed by atoms with Crippen molar-refractivity contribution in [3.63, 3.8) is 0 Å². The second-order valence-electron chi connectivity index (χ2n) is 5.29. The van der Waals surface area contributed by atoms with Crippen molar-refractivity contribution >= 4 is 17.6 Å². The monoisotopic (exact) mass is 273 g/mol. The van der Waals surface area contributed by atoms with Crippen LogP contribution in [-0.2, 0) is 18.4 Å². The van der Waals surface area contributed by atoms with Gasteiger partial charge < -0.3 is 9.67 Å². The van der Waals surface area contributed by atoms with Gasteiger partial charge >= 0.3 is 5.97 Å². The third kappa shape index (κ3) is 3.99. The van der Waals surface area contributed by atoms with Crippen molar-refractivity contribution in [2.24, 2.45) is 7.05 Å². The number of aromatic nitrogens is 2. The van der Waals surface area contributed by atoms with Crippen LogP contribution in [0.2, 0.25) is 5.15 Å². The SMILES string of the molecule is Cn1c(Cl)cnc1CN(CCC(=O)O)C(C)(C)C. The Hall–Kier alpha value is -1.07. The van der Waals surface area contributed by atoms with Gasteiger partial charge in [0.2, 0.25) is 0 Å². The van der Waals surface area contributed by atoms with E-state index in [0.29, 0.717) is 18.2 Å². The maximum Gasteiger partial charge on any atom is 0.304 e. The van der Waals surface area contributed by atoms with E-state index in [1.54, 1.807) is 10.8 Å². The summed E-state index contributed by atoms with van der Waals surface area (Å²) in [5, 5.41) is 9.36. The molecule has 1 N–H and O–H groups in total. The molecule has 1 rings (SSSR count). The van der Waals surface area contributed by atoms with Gasteiger partial charge in [-0.05, 0) is 20.8 Å². The molecular formula is C12H20ClN3O2. The molecule has 0 bridgehead atoms. The fourth-order valence-electron chi connectivity index (χ4n) is 1.62. The lowest BCUT2D eigenvalue weighted by Gasteiger charge is -2.35. The number of nitrogens with zero attached hydrogens (tertiary/aromatic N) is 3. The Bertz CT molecular complexity index is 423. The van der Waals surface area contributed by atoms with E-state index >= 15 is 0 Å². The second-order valence-corrected chi connectivity index (χ2v) is 5.68. The van der Waals surface area contributed by atoms with E-state index < -0.39 is 5.97 Å². The van der Waals surface area contributed by atoms with Crippen LogP contribution < -0.4 is 0 Å². The summed E-state index contributed by atoms with van der Waals surface area (Å²) in [5.41, 5.74) is -0.117. The molecule has 18 heavy (non-hydrogen) atoms.